The van der Waals surface area contributed by atoms with Gasteiger partial charge in [0.05, 0.1) is 4.47 Å². The van der Waals surface area contributed by atoms with Crippen molar-refractivity contribution in [2.45, 2.75) is 0 Å². The number of halogens is 2. The van der Waals surface area contributed by atoms with E-state index in [0.29, 0.717) is 21.5 Å². The molecule has 0 bridgehead atoms. The van der Waals surface area contributed by atoms with Gasteiger partial charge >= 0.3 is 0 Å². The molecule has 0 aliphatic rings. The first-order valence-electron chi connectivity index (χ1n) is 5.09. The van der Waals surface area contributed by atoms with E-state index in [0.717, 1.165) is 4.47 Å². The lowest BCUT2D eigenvalue weighted by Gasteiger charge is -2.08. The molecule has 0 aromatic heterocycles. The summed E-state index contributed by atoms with van der Waals surface area (Å²) in [6, 6.07) is 12.5. The minimum absolute atomic E-state index is 0.434. The average Bonchev–Trinajstić information content (AvgIpc) is 2.31. The molecule has 2 aromatic carbocycles. The molecule has 0 atom stereocenters. The Morgan fingerprint density at radius 3 is 2.50 bits per heavy atom. The lowest BCUT2D eigenvalue weighted by Crippen LogP contribution is -2.10. The second-order valence-electron chi connectivity index (χ2n) is 3.57. The number of hydrogen-bond donors (Lipinski definition) is 1. The van der Waals surface area contributed by atoms with E-state index in [1.54, 1.807) is 18.2 Å². The van der Waals surface area contributed by atoms with Crippen LogP contribution < -0.4 is 10.5 Å². The van der Waals surface area contributed by atoms with Crippen LogP contribution in [0.5, 0.6) is 11.5 Å². The molecule has 0 aliphatic carbocycles. The average molecular weight is 371 g/mol. The largest absolute Gasteiger partial charge is 0.456 e. The number of primary amides is 1. The normalized spacial score (nSPS) is 10.1. The van der Waals surface area contributed by atoms with Crippen molar-refractivity contribution in [3.8, 4) is 11.5 Å². The number of carbonyl (C=O) groups excluding carboxylic acids is 1. The Balaban J connectivity index is 2.27. The maximum Gasteiger partial charge on any atom is 0.248 e. The van der Waals surface area contributed by atoms with Crippen molar-refractivity contribution in [3.05, 3.63) is 57.0 Å². The Morgan fingerprint density at radius 1 is 1.11 bits per heavy atom. The van der Waals surface area contributed by atoms with Gasteiger partial charge in [0.25, 0.3) is 0 Å². The summed E-state index contributed by atoms with van der Waals surface area (Å²) >= 11 is 6.72. The standard InChI is InChI=1S/C13H9Br2NO2/c14-9-2-1-3-10(7-9)18-12-5-4-8(13(16)17)6-11(12)15/h1-7H,(H2,16,17). The van der Waals surface area contributed by atoms with Gasteiger partial charge in [0.2, 0.25) is 5.91 Å². The van der Waals surface area contributed by atoms with Crippen molar-refractivity contribution in [3.63, 3.8) is 0 Å². The van der Waals surface area contributed by atoms with Crippen molar-refractivity contribution in [1.82, 2.24) is 0 Å². The number of hydrogen-bond acceptors (Lipinski definition) is 2. The molecule has 0 heterocycles. The van der Waals surface area contributed by atoms with Crippen LogP contribution in [-0.2, 0) is 0 Å². The first kappa shape index (κ1) is 13.1. The van der Waals surface area contributed by atoms with Gasteiger partial charge in [0.15, 0.2) is 0 Å². The van der Waals surface area contributed by atoms with Crippen LogP contribution in [0.1, 0.15) is 10.4 Å². The van der Waals surface area contributed by atoms with E-state index in [1.807, 2.05) is 24.3 Å². The van der Waals surface area contributed by atoms with Gasteiger partial charge in [-0.1, -0.05) is 22.0 Å². The molecular formula is C13H9Br2NO2. The molecule has 92 valence electrons. The Kier molecular flexibility index (Phi) is 4.04. The second-order valence-corrected chi connectivity index (χ2v) is 5.34. The summed E-state index contributed by atoms with van der Waals surface area (Å²) in [6.45, 7) is 0. The highest BCUT2D eigenvalue weighted by Gasteiger charge is 2.07. The van der Waals surface area contributed by atoms with Gasteiger partial charge in [-0.05, 0) is 52.3 Å². The molecule has 0 radical (unpaired) electrons. The van der Waals surface area contributed by atoms with Crippen LogP contribution in [-0.4, -0.2) is 5.91 Å². The zero-order chi connectivity index (χ0) is 13.1. The van der Waals surface area contributed by atoms with Gasteiger partial charge in [-0.3, -0.25) is 4.79 Å². The Morgan fingerprint density at radius 2 is 1.89 bits per heavy atom. The minimum atomic E-state index is -0.468. The lowest BCUT2D eigenvalue weighted by atomic mass is 10.2. The molecule has 0 unspecified atom stereocenters. The van der Waals surface area contributed by atoms with Crippen molar-refractivity contribution >= 4 is 37.8 Å². The summed E-state index contributed by atoms with van der Waals surface area (Å²) in [6.07, 6.45) is 0. The number of benzene rings is 2. The fourth-order valence-electron chi connectivity index (χ4n) is 1.39. The van der Waals surface area contributed by atoms with Crippen LogP contribution in [0.2, 0.25) is 0 Å². The van der Waals surface area contributed by atoms with Crippen LogP contribution in [0.4, 0.5) is 0 Å². The summed E-state index contributed by atoms with van der Waals surface area (Å²) < 4.78 is 7.31. The lowest BCUT2D eigenvalue weighted by molar-refractivity contribution is 0.1000. The smallest absolute Gasteiger partial charge is 0.248 e. The van der Waals surface area contributed by atoms with Crippen LogP contribution in [0.3, 0.4) is 0 Å². The summed E-state index contributed by atoms with van der Waals surface area (Å²) in [5.41, 5.74) is 5.63. The number of ether oxygens (including phenoxy) is 1. The highest BCUT2D eigenvalue weighted by molar-refractivity contribution is 9.10. The third kappa shape index (κ3) is 3.11. The van der Waals surface area contributed by atoms with Gasteiger partial charge in [0.1, 0.15) is 11.5 Å². The topological polar surface area (TPSA) is 52.3 Å². The molecule has 1 amide bonds. The highest BCUT2D eigenvalue weighted by Crippen LogP contribution is 2.31. The van der Waals surface area contributed by atoms with Crippen molar-refractivity contribution in [1.29, 1.82) is 0 Å². The Hall–Kier alpha value is -1.33. The SMILES string of the molecule is NC(=O)c1ccc(Oc2cccc(Br)c2)c(Br)c1. The monoisotopic (exact) mass is 369 g/mol. The van der Waals surface area contributed by atoms with E-state index in [-0.39, 0.29) is 0 Å². The van der Waals surface area contributed by atoms with Crippen molar-refractivity contribution in [2.24, 2.45) is 5.73 Å². The summed E-state index contributed by atoms with van der Waals surface area (Å²) in [4.78, 5) is 11.0. The molecule has 18 heavy (non-hydrogen) atoms. The zero-order valence-electron chi connectivity index (χ0n) is 9.19. The fourth-order valence-corrected chi connectivity index (χ4v) is 2.23. The summed E-state index contributed by atoms with van der Waals surface area (Å²) in [7, 11) is 0. The van der Waals surface area contributed by atoms with E-state index in [1.165, 1.54) is 0 Å². The van der Waals surface area contributed by atoms with Gasteiger partial charge < -0.3 is 10.5 Å². The first-order chi connectivity index (χ1) is 8.56. The molecule has 0 fully saturated rings. The van der Waals surface area contributed by atoms with E-state index >= 15 is 0 Å². The van der Waals surface area contributed by atoms with E-state index < -0.39 is 5.91 Å². The van der Waals surface area contributed by atoms with Crippen molar-refractivity contribution < 1.29 is 9.53 Å². The predicted molar refractivity (Wildman–Crippen MR) is 76.9 cm³/mol. The molecule has 3 nitrogen and oxygen atoms in total. The van der Waals surface area contributed by atoms with Crippen LogP contribution in [0, 0.1) is 0 Å². The predicted octanol–water partition coefficient (Wildman–Crippen LogP) is 4.10. The summed E-state index contributed by atoms with van der Waals surface area (Å²) in [5, 5.41) is 0. The zero-order valence-corrected chi connectivity index (χ0v) is 12.4. The van der Waals surface area contributed by atoms with Gasteiger partial charge in [0, 0.05) is 10.0 Å². The number of carbonyl (C=O) groups is 1. The van der Waals surface area contributed by atoms with E-state index in [4.69, 9.17) is 10.5 Å². The number of nitrogens with two attached hydrogens (primary N) is 1. The Bertz CT molecular complexity index is 599. The molecule has 2 N–H and O–H groups in total. The maximum atomic E-state index is 11.0. The van der Waals surface area contributed by atoms with Gasteiger partial charge in [-0.2, -0.15) is 0 Å². The quantitative estimate of drug-likeness (QED) is 0.884. The van der Waals surface area contributed by atoms with E-state index in [2.05, 4.69) is 31.9 Å². The van der Waals surface area contributed by atoms with Crippen molar-refractivity contribution in [2.75, 3.05) is 0 Å². The second kappa shape index (κ2) is 5.54. The highest BCUT2D eigenvalue weighted by atomic mass is 79.9. The molecule has 5 heteroatoms. The van der Waals surface area contributed by atoms with E-state index in [9.17, 15) is 4.79 Å². The molecule has 0 spiro atoms. The minimum Gasteiger partial charge on any atom is -0.456 e. The van der Waals surface area contributed by atoms with Crippen LogP contribution >= 0.6 is 31.9 Å². The summed E-state index contributed by atoms with van der Waals surface area (Å²) in [5.74, 6) is 0.861. The third-order valence-corrected chi connectivity index (χ3v) is 3.35. The van der Waals surface area contributed by atoms with Crippen LogP contribution in [0.15, 0.2) is 51.4 Å². The van der Waals surface area contributed by atoms with Gasteiger partial charge in [-0.25, -0.2) is 0 Å². The molecule has 2 rings (SSSR count). The maximum absolute atomic E-state index is 11.0. The number of rotatable bonds is 3. The van der Waals surface area contributed by atoms with Crippen LogP contribution in [0.25, 0.3) is 0 Å². The first-order valence-corrected chi connectivity index (χ1v) is 6.67. The van der Waals surface area contributed by atoms with Gasteiger partial charge in [-0.15, -0.1) is 0 Å². The number of amides is 1. The molecule has 0 saturated heterocycles. The molecule has 0 aliphatic heterocycles. The molecule has 2 aromatic rings. The third-order valence-electron chi connectivity index (χ3n) is 2.24. The Labute approximate surface area is 121 Å². The molecular weight excluding hydrogens is 362 g/mol. The fraction of sp³-hybridized carbons (Fsp3) is 0. The molecule has 0 saturated carbocycles.